The molecule has 0 saturated carbocycles. The van der Waals surface area contributed by atoms with E-state index in [1.807, 2.05) is 33.8 Å². The minimum Gasteiger partial charge on any atom is -0.480 e. The molecule has 7 heteroatoms. The summed E-state index contributed by atoms with van der Waals surface area (Å²) in [6.45, 7) is 7.66. The molecule has 1 amide bonds. The number of hydrogen-bond donors (Lipinski definition) is 2. The molecule has 2 aromatic heterocycles. The summed E-state index contributed by atoms with van der Waals surface area (Å²) in [5.74, 6) is -0.629. The molecule has 0 aliphatic carbocycles. The number of rotatable bonds is 8. The van der Waals surface area contributed by atoms with Crippen LogP contribution in [0, 0.1) is 20.8 Å². The molecule has 30 heavy (non-hydrogen) atoms. The molecule has 0 aliphatic heterocycles. The maximum atomic E-state index is 12.5. The number of furan rings is 1. The number of aliphatic carboxylic acids is 1. The molecule has 1 atom stereocenters. The van der Waals surface area contributed by atoms with Gasteiger partial charge in [-0.3, -0.25) is 4.79 Å². The molecule has 2 heterocycles. The van der Waals surface area contributed by atoms with Gasteiger partial charge in [-0.1, -0.05) is 19.8 Å². The lowest BCUT2D eigenvalue weighted by molar-refractivity contribution is -0.142. The highest BCUT2D eigenvalue weighted by Crippen LogP contribution is 2.31. The summed E-state index contributed by atoms with van der Waals surface area (Å²) in [4.78, 5) is 36.1. The zero-order chi connectivity index (χ0) is 22.0. The zero-order valence-electron chi connectivity index (χ0n) is 17.8. The predicted octanol–water partition coefficient (Wildman–Crippen LogP) is 4.16. The van der Waals surface area contributed by atoms with Crippen molar-refractivity contribution in [1.82, 2.24) is 5.32 Å². The first-order valence-electron chi connectivity index (χ1n) is 10.2. The van der Waals surface area contributed by atoms with E-state index >= 15 is 0 Å². The highest BCUT2D eigenvalue weighted by Gasteiger charge is 2.20. The fraction of sp³-hybridized carbons (Fsp3) is 0.435. The lowest BCUT2D eigenvalue weighted by Crippen LogP contribution is -2.40. The van der Waals surface area contributed by atoms with Crippen LogP contribution in [0.15, 0.2) is 25.8 Å². The Kier molecular flexibility index (Phi) is 6.29. The van der Waals surface area contributed by atoms with Crippen LogP contribution in [0.3, 0.4) is 0 Å². The van der Waals surface area contributed by atoms with E-state index < -0.39 is 23.5 Å². The van der Waals surface area contributed by atoms with Gasteiger partial charge in [-0.15, -0.1) is 0 Å². The van der Waals surface area contributed by atoms with Crippen LogP contribution < -0.4 is 10.9 Å². The number of aryl methyl sites for hydroxylation is 3. The maximum absolute atomic E-state index is 12.5. The monoisotopic (exact) mass is 413 g/mol. The first-order chi connectivity index (χ1) is 14.2. The fourth-order valence-corrected chi connectivity index (χ4v) is 3.68. The molecule has 0 unspecified atom stereocenters. The number of hydrogen-bond acceptors (Lipinski definition) is 5. The SMILES string of the molecule is CCCC[C@@H](NC(=O)CCc1c(C)c2cc3c(C)c(C)oc3cc2oc1=O)C(=O)O. The van der Waals surface area contributed by atoms with Gasteiger partial charge in [0.05, 0.1) is 0 Å². The van der Waals surface area contributed by atoms with Crippen molar-refractivity contribution in [3.63, 3.8) is 0 Å². The van der Waals surface area contributed by atoms with Gasteiger partial charge in [0.25, 0.3) is 0 Å². The molecule has 0 bridgehead atoms. The van der Waals surface area contributed by atoms with Gasteiger partial charge in [-0.2, -0.15) is 0 Å². The summed E-state index contributed by atoms with van der Waals surface area (Å²) >= 11 is 0. The number of carbonyl (C=O) groups is 2. The standard InChI is InChI=1S/C23H27NO6/c1-5-6-7-18(22(26)27)24-21(25)9-8-15-13(3)17-10-16-12(2)14(4)29-19(16)11-20(17)30-23(15)28/h10-11,18H,5-9H2,1-4H3,(H,24,25)(H,26,27)/t18-/m1/s1. The maximum Gasteiger partial charge on any atom is 0.339 e. The Morgan fingerprint density at radius 2 is 1.73 bits per heavy atom. The lowest BCUT2D eigenvalue weighted by atomic mass is 10.00. The number of benzene rings is 1. The fourth-order valence-electron chi connectivity index (χ4n) is 3.68. The van der Waals surface area contributed by atoms with Crippen LogP contribution in [0.1, 0.15) is 55.1 Å². The van der Waals surface area contributed by atoms with Crippen LogP contribution in [-0.4, -0.2) is 23.0 Å². The second-order valence-electron chi connectivity index (χ2n) is 7.72. The predicted molar refractivity (Wildman–Crippen MR) is 114 cm³/mol. The van der Waals surface area contributed by atoms with Crippen molar-refractivity contribution >= 4 is 33.8 Å². The van der Waals surface area contributed by atoms with E-state index in [4.69, 9.17) is 8.83 Å². The van der Waals surface area contributed by atoms with Crippen LogP contribution in [0.25, 0.3) is 21.9 Å². The number of carbonyl (C=O) groups excluding carboxylic acids is 1. The molecule has 0 aliphatic rings. The van der Waals surface area contributed by atoms with Crippen LogP contribution in [0.5, 0.6) is 0 Å². The molecule has 1 aromatic carbocycles. The number of amides is 1. The van der Waals surface area contributed by atoms with E-state index in [0.717, 1.165) is 34.1 Å². The van der Waals surface area contributed by atoms with Gasteiger partial charge in [0.15, 0.2) is 0 Å². The Morgan fingerprint density at radius 1 is 1.07 bits per heavy atom. The van der Waals surface area contributed by atoms with Gasteiger partial charge >= 0.3 is 11.6 Å². The van der Waals surface area contributed by atoms with Gasteiger partial charge in [0.1, 0.15) is 23.0 Å². The van der Waals surface area contributed by atoms with Crippen LogP contribution in [-0.2, 0) is 16.0 Å². The van der Waals surface area contributed by atoms with E-state index in [1.54, 1.807) is 6.07 Å². The van der Waals surface area contributed by atoms with Crippen molar-refractivity contribution in [2.24, 2.45) is 0 Å². The summed E-state index contributed by atoms with van der Waals surface area (Å²) < 4.78 is 11.2. The molecule has 3 aromatic rings. The summed E-state index contributed by atoms with van der Waals surface area (Å²) in [5.41, 5.74) is 2.83. The minimum absolute atomic E-state index is 0.0130. The first-order valence-corrected chi connectivity index (χ1v) is 10.2. The lowest BCUT2D eigenvalue weighted by Gasteiger charge is -2.14. The molecule has 160 valence electrons. The first kappa shape index (κ1) is 21.6. The third-order valence-electron chi connectivity index (χ3n) is 5.66. The van der Waals surface area contributed by atoms with Crippen molar-refractivity contribution < 1.29 is 23.5 Å². The number of carboxylic acids is 1. The average Bonchev–Trinajstić information content (AvgIpc) is 2.96. The average molecular weight is 413 g/mol. The summed E-state index contributed by atoms with van der Waals surface area (Å²) in [6.07, 6.45) is 2.14. The van der Waals surface area contributed by atoms with Crippen molar-refractivity contribution in [3.8, 4) is 0 Å². The van der Waals surface area contributed by atoms with Crippen molar-refractivity contribution in [2.45, 2.75) is 65.8 Å². The second kappa shape index (κ2) is 8.73. The highest BCUT2D eigenvalue weighted by atomic mass is 16.4. The second-order valence-corrected chi connectivity index (χ2v) is 7.72. The Morgan fingerprint density at radius 3 is 2.40 bits per heavy atom. The number of carboxylic acid groups (broad SMARTS) is 1. The van der Waals surface area contributed by atoms with Crippen LogP contribution >= 0.6 is 0 Å². The van der Waals surface area contributed by atoms with E-state index in [0.29, 0.717) is 29.6 Å². The Bertz CT molecular complexity index is 1170. The third-order valence-corrected chi connectivity index (χ3v) is 5.66. The summed E-state index contributed by atoms with van der Waals surface area (Å²) in [6, 6.07) is 2.76. The molecule has 3 rings (SSSR count). The molecule has 0 fully saturated rings. The molecule has 0 radical (unpaired) electrons. The summed E-state index contributed by atoms with van der Waals surface area (Å²) in [5, 5.41) is 13.6. The molecule has 7 nitrogen and oxygen atoms in total. The zero-order valence-corrected chi connectivity index (χ0v) is 17.8. The highest BCUT2D eigenvalue weighted by molar-refractivity contribution is 5.96. The van der Waals surface area contributed by atoms with Gasteiger partial charge in [-0.05, 0) is 50.8 Å². The molecular formula is C23H27NO6. The Hall–Kier alpha value is -3.09. The van der Waals surface area contributed by atoms with Crippen molar-refractivity contribution in [1.29, 1.82) is 0 Å². The van der Waals surface area contributed by atoms with Crippen LogP contribution in [0.2, 0.25) is 0 Å². The Labute approximate surface area is 174 Å². The Balaban J connectivity index is 1.84. The van der Waals surface area contributed by atoms with E-state index in [-0.39, 0.29) is 12.8 Å². The molecular weight excluding hydrogens is 386 g/mol. The minimum atomic E-state index is -1.05. The number of fused-ring (bicyclic) bond motifs is 2. The van der Waals surface area contributed by atoms with Gasteiger partial charge in [0, 0.05) is 28.8 Å². The molecule has 2 N–H and O–H groups in total. The van der Waals surface area contributed by atoms with E-state index in [1.165, 1.54) is 0 Å². The van der Waals surface area contributed by atoms with E-state index in [2.05, 4.69) is 5.32 Å². The summed E-state index contributed by atoms with van der Waals surface area (Å²) in [7, 11) is 0. The normalized spacial score (nSPS) is 12.4. The third kappa shape index (κ3) is 4.25. The molecule has 0 saturated heterocycles. The number of nitrogens with one attached hydrogen (secondary N) is 1. The van der Waals surface area contributed by atoms with Crippen molar-refractivity contribution in [3.05, 3.63) is 45.0 Å². The van der Waals surface area contributed by atoms with Gasteiger partial charge in [0.2, 0.25) is 5.91 Å². The van der Waals surface area contributed by atoms with Gasteiger partial charge in [-0.25, -0.2) is 9.59 Å². The van der Waals surface area contributed by atoms with Crippen molar-refractivity contribution in [2.75, 3.05) is 0 Å². The quantitative estimate of drug-likeness (QED) is 0.537. The smallest absolute Gasteiger partial charge is 0.339 e. The van der Waals surface area contributed by atoms with Crippen LogP contribution in [0.4, 0.5) is 0 Å². The molecule has 0 spiro atoms. The largest absolute Gasteiger partial charge is 0.480 e. The number of unbranched alkanes of at least 4 members (excludes halogenated alkanes) is 1. The van der Waals surface area contributed by atoms with E-state index in [9.17, 15) is 19.5 Å². The van der Waals surface area contributed by atoms with Gasteiger partial charge < -0.3 is 19.3 Å². The topological polar surface area (TPSA) is 110 Å².